The highest BCUT2D eigenvalue weighted by Crippen LogP contribution is 2.33. The van der Waals surface area contributed by atoms with Crippen LogP contribution in [0.15, 0.2) is 29.2 Å². The van der Waals surface area contributed by atoms with E-state index in [1.165, 1.54) is 17.6 Å². The number of rotatable bonds is 6. The van der Waals surface area contributed by atoms with E-state index < -0.39 is 38.6 Å². The van der Waals surface area contributed by atoms with Gasteiger partial charge in [0.2, 0.25) is 15.9 Å². The Bertz CT molecular complexity index is 998. The van der Waals surface area contributed by atoms with Gasteiger partial charge in [-0.3, -0.25) is 9.89 Å². The summed E-state index contributed by atoms with van der Waals surface area (Å²) in [6.07, 6.45) is -4.85. The van der Waals surface area contributed by atoms with Crippen LogP contribution in [-0.2, 0) is 34.6 Å². The van der Waals surface area contributed by atoms with Crippen LogP contribution in [-0.4, -0.2) is 35.1 Å². The molecule has 27 heavy (non-hydrogen) atoms. The van der Waals surface area contributed by atoms with Crippen molar-refractivity contribution in [2.24, 2.45) is 7.05 Å². The minimum Gasteiger partial charge on any atom is -0.347 e. The van der Waals surface area contributed by atoms with Gasteiger partial charge in [-0.25, -0.2) is 8.42 Å². The Labute approximate surface area is 157 Å². The quantitative estimate of drug-likeness (QED) is 0.610. The number of amides is 1. The van der Waals surface area contributed by atoms with Crippen molar-refractivity contribution in [1.29, 1.82) is 0 Å². The number of hydrogen-bond acceptors (Lipinski definition) is 5. The Kier molecular flexibility index (Phi) is 6.07. The number of nitrogens with zero attached hydrogens (tertiary/aromatic N) is 2. The van der Waals surface area contributed by atoms with Gasteiger partial charge >= 0.3 is 6.18 Å². The van der Waals surface area contributed by atoms with Gasteiger partial charge in [0.15, 0.2) is 10.6 Å². The molecule has 0 aliphatic carbocycles. The zero-order valence-electron chi connectivity index (χ0n) is 14.2. The molecule has 1 aromatic heterocycles. The second-order valence-corrected chi connectivity index (χ2v) is 7.63. The third-order valence-corrected chi connectivity index (χ3v) is 5.56. The fourth-order valence-corrected chi connectivity index (χ4v) is 3.72. The average Bonchev–Trinajstić information content (AvgIpc) is 2.90. The average molecular weight is 423 g/mol. The van der Waals surface area contributed by atoms with Crippen molar-refractivity contribution in [2.75, 3.05) is 0 Å². The van der Waals surface area contributed by atoms with E-state index in [1.54, 1.807) is 7.05 Å². The molecule has 1 heterocycles. The highest BCUT2D eigenvalue weighted by molar-refractivity contribution is 7.89. The molecule has 0 aliphatic heterocycles. The Morgan fingerprint density at radius 2 is 2.00 bits per heavy atom. The lowest BCUT2D eigenvalue weighted by molar-refractivity contribution is -0.139. The topological polar surface area (TPSA) is 109 Å². The Morgan fingerprint density at radius 3 is 2.56 bits per heavy atom. The molecular formula is C14H16F3N5O3S2. The maximum Gasteiger partial charge on any atom is 0.417 e. The van der Waals surface area contributed by atoms with E-state index in [0.717, 1.165) is 12.1 Å². The predicted octanol–water partition coefficient (Wildman–Crippen LogP) is 1.48. The molecule has 0 saturated carbocycles. The minimum atomic E-state index is -4.85. The molecule has 0 radical (unpaired) electrons. The summed E-state index contributed by atoms with van der Waals surface area (Å²) in [6, 6.07) is 2.41. The largest absolute Gasteiger partial charge is 0.417 e. The standard InChI is InChI=1S/C14H16F3N5O3S2/c1-8(12(23)18-7-11-19-20-13(26)22(11)2)21-27(24,25)10-6-4-3-5-9(10)14(15,16)17/h3-6,8,21H,7H2,1-2H3,(H,18,23)(H,20,26)/t8-/m0/s1. The molecule has 1 atom stereocenters. The molecular weight excluding hydrogens is 407 g/mol. The van der Waals surface area contributed by atoms with Crippen molar-refractivity contribution in [2.45, 2.75) is 30.6 Å². The molecule has 0 saturated heterocycles. The van der Waals surface area contributed by atoms with E-state index in [4.69, 9.17) is 12.2 Å². The SMILES string of the molecule is C[C@H](NS(=O)(=O)c1ccccc1C(F)(F)F)C(=O)NCc1n[nH]c(=S)n1C. The van der Waals surface area contributed by atoms with Gasteiger partial charge in [-0.15, -0.1) is 0 Å². The van der Waals surface area contributed by atoms with Gasteiger partial charge in [-0.05, 0) is 31.3 Å². The van der Waals surface area contributed by atoms with Crippen LogP contribution in [0, 0.1) is 4.77 Å². The van der Waals surface area contributed by atoms with Crippen molar-refractivity contribution < 1.29 is 26.4 Å². The van der Waals surface area contributed by atoms with E-state index in [9.17, 15) is 26.4 Å². The first-order valence-corrected chi connectivity index (χ1v) is 9.39. The van der Waals surface area contributed by atoms with Gasteiger partial charge in [-0.2, -0.15) is 23.0 Å². The van der Waals surface area contributed by atoms with Gasteiger partial charge in [-0.1, -0.05) is 12.1 Å². The molecule has 0 bridgehead atoms. The van der Waals surface area contributed by atoms with Crippen molar-refractivity contribution >= 4 is 28.1 Å². The summed E-state index contributed by atoms with van der Waals surface area (Å²) in [5, 5.41) is 8.83. The van der Waals surface area contributed by atoms with E-state index in [1.807, 2.05) is 4.72 Å². The Morgan fingerprint density at radius 1 is 1.37 bits per heavy atom. The van der Waals surface area contributed by atoms with Crippen LogP contribution < -0.4 is 10.0 Å². The third-order valence-electron chi connectivity index (χ3n) is 3.60. The summed E-state index contributed by atoms with van der Waals surface area (Å²) in [4.78, 5) is 11.1. The lowest BCUT2D eigenvalue weighted by atomic mass is 10.2. The lowest BCUT2D eigenvalue weighted by Crippen LogP contribution is -2.45. The first-order valence-electron chi connectivity index (χ1n) is 7.50. The Balaban J connectivity index is 2.12. The maximum absolute atomic E-state index is 13.0. The fourth-order valence-electron chi connectivity index (χ4n) is 2.14. The third kappa shape index (κ3) is 4.93. The van der Waals surface area contributed by atoms with Crippen LogP contribution in [0.2, 0.25) is 0 Å². The molecule has 0 spiro atoms. The fraction of sp³-hybridized carbons (Fsp3) is 0.357. The second kappa shape index (κ2) is 7.78. The van der Waals surface area contributed by atoms with Gasteiger partial charge in [0.05, 0.1) is 23.0 Å². The molecule has 2 rings (SSSR count). The van der Waals surface area contributed by atoms with Crippen LogP contribution in [0.4, 0.5) is 13.2 Å². The zero-order chi connectivity index (χ0) is 20.4. The van der Waals surface area contributed by atoms with Gasteiger partial charge in [0.1, 0.15) is 0 Å². The molecule has 8 nitrogen and oxygen atoms in total. The number of nitrogens with one attached hydrogen (secondary N) is 3. The monoisotopic (exact) mass is 423 g/mol. The summed E-state index contributed by atoms with van der Waals surface area (Å²) in [5.74, 6) is -0.345. The number of aromatic nitrogens is 3. The number of benzene rings is 1. The number of alkyl halides is 3. The number of halogens is 3. The molecule has 0 fully saturated rings. The van der Waals surface area contributed by atoms with Crippen molar-refractivity contribution in [3.05, 3.63) is 40.4 Å². The molecule has 1 amide bonds. The number of carbonyl (C=O) groups excluding carboxylic acids is 1. The first kappa shape index (κ1) is 21.1. The summed E-state index contributed by atoms with van der Waals surface area (Å²) in [5.41, 5.74) is -1.31. The van der Waals surface area contributed by atoms with Gasteiger partial charge in [0.25, 0.3) is 0 Å². The molecule has 13 heteroatoms. The smallest absolute Gasteiger partial charge is 0.347 e. The molecule has 0 aliphatic rings. The van der Waals surface area contributed by atoms with Crippen LogP contribution in [0.25, 0.3) is 0 Å². The molecule has 2 aromatic rings. The van der Waals surface area contributed by atoms with E-state index in [2.05, 4.69) is 15.5 Å². The maximum atomic E-state index is 13.0. The Hall–Kier alpha value is -2.25. The van der Waals surface area contributed by atoms with Crippen molar-refractivity contribution in [3.8, 4) is 0 Å². The van der Waals surface area contributed by atoms with Crippen LogP contribution in [0.1, 0.15) is 18.3 Å². The number of carbonyl (C=O) groups is 1. The molecule has 0 unspecified atom stereocenters. The van der Waals surface area contributed by atoms with Crippen molar-refractivity contribution in [1.82, 2.24) is 24.8 Å². The number of aromatic amines is 1. The lowest BCUT2D eigenvalue weighted by Gasteiger charge is -2.17. The number of H-pyrrole nitrogens is 1. The first-order chi connectivity index (χ1) is 12.4. The molecule has 3 N–H and O–H groups in total. The van der Waals surface area contributed by atoms with E-state index in [0.29, 0.717) is 16.7 Å². The minimum absolute atomic E-state index is 0.0479. The summed E-state index contributed by atoms with van der Waals surface area (Å²) >= 11 is 4.92. The van der Waals surface area contributed by atoms with Crippen LogP contribution >= 0.6 is 12.2 Å². The molecule has 1 aromatic carbocycles. The molecule has 148 valence electrons. The van der Waals surface area contributed by atoms with Crippen LogP contribution in [0.3, 0.4) is 0 Å². The highest BCUT2D eigenvalue weighted by Gasteiger charge is 2.37. The number of hydrogen-bond donors (Lipinski definition) is 3. The van der Waals surface area contributed by atoms with E-state index in [-0.39, 0.29) is 6.54 Å². The predicted molar refractivity (Wildman–Crippen MR) is 91.5 cm³/mol. The highest BCUT2D eigenvalue weighted by atomic mass is 32.2. The number of sulfonamides is 1. The van der Waals surface area contributed by atoms with Gasteiger partial charge in [0, 0.05) is 7.05 Å². The zero-order valence-corrected chi connectivity index (χ0v) is 15.8. The van der Waals surface area contributed by atoms with Crippen LogP contribution in [0.5, 0.6) is 0 Å². The van der Waals surface area contributed by atoms with Gasteiger partial charge < -0.3 is 9.88 Å². The van der Waals surface area contributed by atoms with E-state index >= 15 is 0 Å². The van der Waals surface area contributed by atoms with Crippen molar-refractivity contribution in [3.63, 3.8) is 0 Å². The second-order valence-electron chi connectivity index (χ2n) is 5.56. The summed E-state index contributed by atoms with van der Waals surface area (Å²) in [6.45, 7) is 1.17. The summed E-state index contributed by atoms with van der Waals surface area (Å²) in [7, 11) is -2.96. The normalized spacial score (nSPS) is 13.4. The summed E-state index contributed by atoms with van der Waals surface area (Å²) < 4.78 is 67.5.